The molecule has 130 valence electrons. The molecule has 0 amide bonds. The van der Waals surface area contributed by atoms with Gasteiger partial charge in [0, 0.05) is 25.6 Å². The average molecular weight is 440 g/mol. The molecule has 2 aromatic rings. The summed E-state index contributed by atoms with van der Waals surface area (Å²) in [6.07, 6.45) is 4.21. The number of halogens is 1. The summed E-state index contributed by atoms with van der Waals surface area (Å²) >= 11 is 0. The van der Waals surface area contributed by atoms with Gasteiger partial charge in [0.25, 0.3) is 0 Å². The molecule has 2 N–H and O–H groups in total. The maximum absolute atomic E-state index is 4.30. The van der Waals surface area contributed by atoms with Crippen LogP contribution in [0.15, 0.2) is 41.7 Å². The highest BCUT2D eigenvalue weighted by Gasteiger charge is 2.43. The van der Waals surface area contributed by atoms with Crippen molar-refractivity contribution in [2.45, 2.75) is 38.3 Å². The first-order valence-corrected chi connectivity index (χ1v) is 8.14. The van der Waals surface area contributed by atoms with Gasteiger partial charge in [0.1, 0.15) is 6.33 Å². The van der Waals surface area contributed by atoms with Gasteiger partial charge in [-0.05, 0) is 25.3 Å². The van der Waals surface area contributed by atoms with Crippen LogP contribution in [0.4, 0.5) is 0 Å². The standard InChI is InChI=1S/C17H24N6.HI/c1-3-23-13-21-22-15(23)11-19-16(18-2)20-12-17(9-10-17)14-7-5-4-6-8-14;/h4-8,13H,3,9-12H2,1-2H3,(H2,18,19,20);1H. The van der Waals surface area contributed by atoms with Gasteiger partial charge in [0.05, 0.1) is 6.54 Å². The molecule has 0 aliphatic heterocycles. The second-order valence-electron chi connectivity index (χ2n) is 5.96. The molecular weight excluding hydrogens is 415 g/mol. The van der Waals surface area contributed by atoms with Crippen molar-refractivity contribution < 1.29 is 0 Å². The molecule has 1 saturated carbocycles. The molecule has 0 unspecified atom stereocenters. The van der Waals surface area contributed by atoms with Gasteiger partial charge in [-0.2, -0.15) is 0 Å². The first kappa shape index (κ1) is 18.7. The quantitative estimate of drug-likeness (QED) is 0.411. The van der Waals surface area contributed by atoms with Gasteiger partial charge in [-0.25, -0.2) is 0 Å². The lowest BCUT2D eigenvalue weighted by molar-refractivity contribution is 0.633. The van der Waals surface area contributed by atoms with Crippen LogP contribution in [-0.4, -0.2) is 34.3 Å². The number of hydrogen-bond donors (Lipinski definition) is 2. The molecule has 3 rings (SSSR count). The molecule has 1 aliphatic rings. The van der Waals surface area contributed by atoms with Crippen LogP contribution in [-0.2, 0) is 18.5 Å². The average Bonchev–Trinajstić information content (AvgIpc) is 3.26. The van der Waals surface area contributed by atoms with Crippen LogP contribution in [0, 0.1) is 0 Å². The third kappa shape index (κ3) is 4.25. The summed E-state index contributed by atoms with van der Waals surface area (Å²) in [5, 5.41) is 14.8. The second-order valence-corrected chi connectivity index (χ2v) is 5.96. The van der Waals surface area contributed by atoms with Crippen LogP contribution in [0.1, 0.15) is 31.2 Å². The minimum atomic E-state index is 0. The van der Waals surface area contributed by atoms with Gasteiger partial charge in [0.2, 0.25) is 0 Å². The van der Waals surface area contributed by atoms with E-state index in [-0.39, 0.29) is 29.4 Å². The zero-order valence-corrected chi connectivity index (χ0v) is 16.5. The van der Waals surface area contributed by atoms with Crippen molar-refractivity contribution in [1.82, 2.24) is 25.4 Å². The molecule has 0 bridgehead atoms. The van der Waals surface area contributed by atoms with E-state index < -0.39 is 0 Å². The van der Waals surface area contributed by atoms with Crippen LogP contribution in [0.25, 0.3) is 0 Å². The lowest BCUT2D eigenvalue weighted by atomic mass is 9.96. The van der Waals surface area contributed by atoms with Crippen molar-refractivity contribution in [3.8, 4) is 0 Å². The Labute approximate surface area is 160 Å². The lowest BCUT2D eigenvalue weighted by Crippen LogP contribution is -2.41. The molecule has 0 radical (unpaired) electrons. The van der Waals surface area contributed by atoms with E-state index >= 15 is 0 Å². The number of benzene rings is 1. The highest BCUT2D eigenvalue weighted by atomic mass is 127. The lowest BCUT2D eigenvalue weighted by Gasteiger charge is -2.19. The number of guanidine groups is 1. The number of rotatable bonds is 6. The van der Waals surface area contributed by atoms with E-state index in [4.69, 9.17) is 0 Å². The Morgan fingerprint density at radius 1 is 1.25 bits per heavy atom. The Kier molecular flexibility index (Phi) is 6.59. The van der Waals surface area contributed by atoms with Crippen LogP contribution in [0.5, 0.6) is 0 Å². The van der Waals surface area contributed by atoms with Crippen molar-refractivity contribution in [2.75, 3.05) is 13.6 Å². The Hall–Kier alpha value is -1.64. The van der Waals surface area contributed by atoms with E-state index in [2.05, 4.69) is 63.1 Å². The van der Waals surface area contributed by atoms with Crippen LogP contribution in [0.3, 0.4) is 0 Å². The van der Waals surface area contributed by atoms with Crippen molar-refractivity contribution in [3.05, 3.63) is 48.0 Å². The normalized spacial score (nSPS) is 15.5. The summed E-state index contributed by atoms with van der Waals surface area (Å²) in [6, 6.07) is 10.7. The smallest absolute Gasteiger partial charge is 0.191 e. The minimum absolute atomic E-state index is 0. The molecule has 1 aromatic heterocycles. The zero-order valence-electron chi connectivity index (χ0n) is 14.2. The third-order valence-corrected chi connectivity index (χ3v) is 4.51. The fraction of sp³-hybridized carbons (Fsp3) is 0.471. The molecule has 24 heavy (non-hydrogen) atoms. The summed E-state index contributed by atoms with van der Waals surface area (Å²) in [6.45, 7) is 4.47. The Bertz CT molecular complexity index is 663. The first-order valence-electron chi connectivity index (χ1n) is 8.14. The number of nitrogens with zero attached hydrogens (tertiary/aromatic N) is 4. The second kappa shape index (κ2) is 8.46. The monoisotopic (exact) mass is 440 g/mol. The summed E-state index contributed by atoms with van der Waals surface area (Å²) in [7, 11) is 1.79. The number of aromatic nitrogens is 3. The van der Waals surface area contributed by atoms with Gasteiger partial charge in [0.15, 0.2) is 11.8 Å². The molecule has 0 saturated heterocycles. The highest BCUT2D eigenvalue weighted by Crippen LogP contribution is 2.47. The van der Waals surface area contributed by atoms with E-state index in [0.717, 1.165) is 24.9 Å². The molecule has 7 heteroatoms. The first-order chi connectivity index (χ1) is 11.3. The van der Waals surface area contributed by atoms with E-state index in [1.165, 1.54) is 18.4 Å². The van der Waals surface area contributed by atoms with Gasteiger partial charge < -0.3 is 15.2 Å². The predicted molar refractivity (Wildman–Crippen MR) is 107 cm³/mol. The topological polar surface area (TPSA) is 67.1 Å². The van der Waals surface area contributed by atoms with E-state index in [9.17, 15) is 0 Å². The minimum Gasteiger partial charge on any atom is -0.356 e. The molecule has 1 aliphatic carbocycles. The SMILES string of the molecule is CCn1cnnc1CNC(=NC)NCC1(c2ccccc2)CC1.I. The van der Waals surface area contributed by atoms with Crippen LogP contribution >= 0.6 is 24.0 Å². The number of aliphatic imine (C=N–C) groups is 1. The maximum Gasteiger partial charge on any atom is 0.191 e. The van der Waals surface area contributed by atoms with Gasteiger partial charge in [-0.3, -0.25) is 4.99 Å². The van der Waals surface area contributed by atoms with Gasteiger partial charge >= 0.3 is 0 Å². The summed E-state index contributed by atoms with van der Waals surface area (Å²) in [5.74, 6) is 1.72. The van der Waals surface area contributed by atoms with E-state index in [1.807, 2.05) is 4.57 Å². The largest absolute Gasteiger partial charge is 0.356 e. The molecule has 6 nitrogen and oxygen atoms in total. The van der Waals surface area contributed by atoms with Crippen molar-refractivity contribution in [1.29, 1.82) is 0 Å². The molecule has 0 spiro atoms. The van der Waals surface area contributed by atoms with Crippen LogP contribution in [0.2, 0.25) is 0 Å². The molecule has 1 aromatic carbocycles. The summed E-state index contributed by atoms with van der Waals surface area (Å²) in [5.41, 5.74) is 1.68. The molecule has 1 heterocycles. The van der Waals surface area contributed by atoms with Crippen LogP contribution < -0.4 is 10.6 Å². The van der Waals surface area contributed by atoms with Crippen molar-refractivity contribution in [2.24, 2.45) is 4.99 Å². The van der Waals surface area contributed by atoms with Crippen molar-refractivity contribution in [3.63, 3.8) is 0 Å². The van der Waals surface area contributed by atoms with Crippen molar-refractivity contribution >= 4 is 29.9 Å². The summed E-state index contributed by atoms with van der Waals surface area (Å²) < 4.78 is 2.02. The Balaban J connectivity index is 0.00000208. The fourth-order valence-corrected chi connectivity index (χ4v) is 2.83. The number of nitrogens with one attached hydrogen (secondary N) is 2. The maximum atomic E-state index is 4.30. The van der Waals surface area contributed by atoms with Gasteiger partial charge in [-0.15, -0.1) is 34.2 Å². The number of aryl methyl sites for hydroxylation is 1. The fourth-order valence-electron chi connectivity index (χ4n) is 2.83. The third-order valence-electron chi connectivity index (χ3n) is 4.51. The number of hydrogen-bond acceptors (Lipinski definition) is 3. The molecular formula is C17H25IN6. The zero-order chi connectivity index (χ0) is 16.1. The Morgan fingerprint density at radius 3 is 2.62 bits per heavy atom. The van der Waals surface area contributed by atoms with Gasteiger partial charge in [-0.1, -0.05) is 30.3 Å². The predicted octanol–water partition coefficient (Wildman–Crippen LogP) is 2.31. The molecule has 0 atom stereocenters. The van der Waals surface area contributed by atoms with E-state index in [0.29, 0.717) is 6.54 Å². The summed E-state index contributed by atoms with van der Waals surface area (Å²) in [4.78, 5) is 4.30. The highest BCUT2D eigenvalue weighted by molar-refractivity contribution is 14.0. The molecule has 1 fully saturated rings. The van der Waals surface area contributed by atoms with E-state index in [1.54, 1.807) is 13.4 Å². The Morgan fingerprint density at radius 2 is 2.00 bits per heavy atom.